The van der Waals surface area contributed by atoms with Gasteiger partial charge in [0, 0.05) is 4.47 Å². The minimum absolute atomic E-state index is 0.110. The number of nitrogens with zero attached hydrogens (tertiary/aromatic N) is 2. The quantitative estimate of drug-likeness (QED) is 0.783. The molecule has 108 valence electrons. The minimum atomic E-state index is -3.68. The van der Waals surface area contributed by atoms with Crippen molar-refractivity contribution < 1.29 is 8.42 Å². The molecule has 0 unspecified atom stereocenters. The Morgan fingerprint density at radius 2 is 2.20 bits per heavy atom. The molecule has 0 aliphatic carbocycles. The van der Waals surface area contributed by atoms with E-state index < -0.39 is 10.0 Å². The number of hydrogen-bond donors (Lipinski definition) is 2. The number of nitrogens with one attached hydrogen (secondary N) is 2. The molecule has 0 atom stereocenters. The van der Waals surface area contributed by atoms with Crippen molar-refractivity contribution in [1.82, 2.24) is 15.2 Å². The molecule has 1 heterocycles. The van der Waals surface area contributed by atoms with E-state index in [2.05, 4.69) is 35.8 Å². The van der Waals surface area contributed by atoms with Crippen LogP contribution >= 0.6 is 27.7 Å². The van der Waals surface area contributed by atoms with E-state index >= 15 is 0 Å². The summed E-state index contributed by atoms with van der Waals surface area (Å²) >= 11 is 4.66. The van der Waals surface area contributed by atoms with E-state index in [0.717, 1.165) is 10.0 Å². The van der Waals surface area contributed by atoms with Gasteiger partial charge in [-0.2, -0.15) is 4.98 Å². The highest BCUT2D eigenvalue weighted by atomic mass is 79.9. The van der Waals surface area contributed by atoms with E-state index in [1.807, 2.05) is 13.2 Å². The molecule has 20 heavy (non-hydrogen) atoms. The Bertz CT molecular complexity index is 715. The van der Waals surface area contributed by atoms with E-state index in [-0.39, 0.29) is 10.8 Å². The number of aryl methyl sites for hydroxylation is 1. The van der Waals surface area contributed by atoms with E-state index in [1.165, 1.54) is 11.8 Å². The number of aromatic nitrogens is 3. The molecule has 0 fully saturated rings. The van der Waals surface area contributed by atoms with Crippen LogP contribution in [-0.4, -0.2) is 29.9 Å². The predicted molar refractivity (Wildman–Crippen MR) is 82.5 cm³/mol. The topological polar surface area (TPSA) is 87.7 Å². The first-order valence-corrected chi connectivity index (χ1v) is 9.24. The zero-order chi connectivity index (χ0) is 14.8. The third kappa shape index (κ3) is 3.33. The van der Waals surface area contributed by atoms with Gasteiger partial charge in [-0.3, -0.25) is 0 Å². The van der Waals surface area contributed by atoms with E-state index in [0.29, 0.717) is 11.6 Å². The van der Waals surface area contributed by atoms with Crippen LogP contribution in [0.4, 0.5) is 5.95 Å². The maximum absolute atomic E-state index is 12.4. The highest BCUT2D eigenvalue weighted by Crippen LogP contribution is 2.23. The molecule has 1 aromatic heterocycles. The van der Waals surface area contributed by atoms with Gasteiger partial charge in [-0.05, 0) is 36.4 Å². The zero-order valence-corrected chi connectivity index (χ0v) is 14.1. The van der Waals surface area contributed by atoms with Crippen molar-refractivity contribution in [3.8, 4) is 0 Å². The molecule has 1 aromatic carbocycles. The molecule has 2 aromatic rings. The van der Waals surface area contributed by atoms with Crippen LogP contribution in [0.2, 0.25) is 0 Å². The van der Waals surface area contributed by atoms with Gasteiger partial charge in [0.05, 0.1) is 4.90 Å². The Morgan fingerprint density at radius 1 is 1.45 bits per heavy atom. The predicted octanol–water partition coefficient (Wildman–Crippen LogP) is 2.65. The molecule has 0 spiro atoms. The molecule has 6 nitrogen and oxygen atoms in total. The molecule has 0 saturated carbocycles. The molecule has 2 N–H and O–H groups in total. The smallest absolute Gasteiger partial charge is 0.248 e. The molecule has 0 aliphatic heterocycles. The summed E-state index contributed by atoms with van der Waals surface area (Å²) in [5.41, 5.74) is 0.733. The number of H-pyrrole nitrogens is 1. The third-order valence-corrected chi connectivity index (χ3v) is 5.05. The Morgan fingerprint density at radius 3 is 2.80 bits per heavy atom. The second-order valence-electron chi connectivity index (χ2n) is 3.88. The van der Waals surface area contributed by atoms with Crippen molar-refractivity contribution in [2.75, 3.05) is 11.0 Å². The van der Waals surface area contributed by atoms with Gasteiger partial charge < -0.3 is 0 Å². The summed E-state index contributed by atoms with van der Waals surface area (Å²) < 4.78 is 28.0. The summed E-state index contributed by atoms with van der Waals surface area (Å²) in [5.74, 6) is 0.110. The molecular weight excluding hydrogens is 364 g/mol. The monoisotopic (exact) mass is 376 g/mol. The van der Waals surface area contributed by atoms with Crippen molar-refractivity contribution in [2.24, 2.45) is 0 Å². The Balaban J connectivity index is 2.35. The third-order valence-electron chi connectivity index (χ3n) is 2.57. The van der Waals surface area contributed by atoms with Crippen LogP contribution in [0.5, 0.6) is 0 Å². The van der Waals surface area contributed by atoms with Crippen molar-refractivity contribution >= 4 is 43.7 Å². The van der Waals surface area contributed by atoms with Crippen LogP contribution in [0.3, 0.4) is 0 Å². The number of hydrogen-bond acceptors (Lipinski definition) is 5. The SMILES string of the molecule is CCc1cc(Br)ccc1S(=O)(=O)Nc1nc(SC)n[nH]1. The van der Waals surface area contributed by atoms with Gasteiger partial charge >= 0.3 is 0 Å². The number of sulfonamides is 1. The first kappa shape index (κ1) is 15.3. The van der Waals surface area contributed by atoms with Crippen LogP contribution in [0.25, 0.3) is 0 Å². The van der Waals surface area contributed by atoms with Gasteiger partial charge in [0.1, 0.15) is 0 Å². The summed E-state index contributed by atoms with van der Waals surface area (Å²) in [6, 6.07) is 5.06. The van der Waals surface area contributed by atoms with Crippen LogP contribution in [0, 0.1) is 0 Å². The lowest BCUT2D eigenvalue weighted by Gasteiger charge is -2.09. The molecular formula is C11H13BrN4O2S2. The number of rotatable bonds is 5. The van der Waals surface area contributed by atoms with Crippen molar-refractivity contribution in [1.29, 1.82) is 0 Å². The Kier molecular flexibility index (Phi) is 4.71. The molecule has 0 aliphatic rings. The second kappa shape index (κ2) is 6.15. The maximum atomic E-state index is 12.4. The Labute approximate surface area is 130 Å². The average Bonchev–Trinajstić information content (AvgIpc) is 2.85. The molecule has 0 bridgehead atoms. The fourth-order valence-electron chi connectivity index (χ4n) is 1.65. The fraction of sp³-hybridized carbons (Fsp3) is 0.273. The van der Waals surface area contributed by atoms with Gasteiger partial charge in [0.15, 0.2) is 0 Å². The molecule has 0 radical (unpaired) electrons. The summed E-state index contributed by atoms with van der Waals surface area (Å²) in [6.45, 7) is 1.90. The summed E-state index contributed by atoms with van der Waals surface area (Å²) in [6.07, 6.45) is 2.42. The Hall–Kier alpha value is -1.06. The van der Waals surface area contributed by atoms with Crippen LogP contribution in [0.15, 0.2) is 32.7 Å². The largest absolute Gasteiger partial charge is 0.264 e. The van der Waals surface area contributed by atoms with Crippen molar-refractivity contribution in [2.45, 2.75) is 23.4 Å². The second-order valence-corrected chi connectivity index (χ2v) is 7.22. The van der Waals surface area contributed by atoms with Gasteiger partial charge in [-0.1, -0.05) is 34.6 Å². The number of aromatic amines is 1. The summed E-state index contributed by atoms with van der Waals surface area (Å²) in [7, 11) is -3.68. The van der Waals surface area contributed by atoms with Crippen molar-refractivity contribution in [3.05, 3.63) is 28.2 Å². The van der Waals surface area contributed by atoms with E-state index in [4.69, 9.17) is 0 Å². The molecule has 2 rings (SSSR count). The van der Waals surface area contributed by atoms with Crippen molar-refractivity contribution in [3.63, 3.8) is 0 Å². The van der Waals surface area contributed by atoms with Gasteiger partial charge in [0.25, 0.3) is 10.0 Å². The first-order valence-electron chi connectivity index (χ1n) is 5.74. The number of thioether (sulfide) groups is 1. The minimum Gasteiger partial charge on any atom is -0.248 e. The van der Waals surface area contributed by atoms with E-state index in [9.17, 15) is 8.42 Å². The highest BCUT2D eigenvalue weighted by molar-refractivity contribution is 9.10. The van der Waals surface area contributed by atoms with Gasteiger partial charge in [0.2, 0.25) is 11.1 Å². The number of anilines is 1. The maximum Gasteiger partial charge on any atom is 0.264 e. The lowest BCUT2D eigenvalue weighted by atomic mass is 10.2. The standard InChI is InChI=1S/C11H13BrN4O2S2/c1-3-7-6-8(12)4-5-9(7)20(17,18)16-10-13-11(19-2)15-14-10/h4-6H,3H2,1-2H3,(H2,13,14,15,16). The highest BCUT2D eigenvalue weighted by Gasteiger charge is 2.19. The lowest BCUT2D eigenvalue weighted by Crippen LogP contribution is -2.15. The fourth-order valence-corrected chi connectivity index (χ4v) is 3.63. The number of benzene rings is 1. The molecule has 9 heteroatoms. The lowest BCUT2D eigenvalue weighted by molar-refractivity contribution is 0.599. The van der Waals surface area contributed by atoms with E-state index in [1.54, 1.807) is 18.2 Å². The van der Waals surface area contributed by atoms with Crippen LogP contribution in [0.1, 0.15) is 12.5 Å². The van der Waals surface area contributed by atoms with Gasteiger partial charge in [-0.25, -0.2) is 18.2 Å². The first-order chi connectivity index (χ1) is 9.46. The molecule has 0 amide bonds. The molecule has 0 saturated heterocycles. The van der Waals surface area contributed by atoms with Crippen LogP contribution in [-0.2, 0) is 16.4 Å². The average molecular weight is 377 g/mol. The summed E-state index contributed by atoms with van der Waals surface area (Å²) in [5, 5.41) is 6.89. The normalized spacial score (nSPS) is 11.6. The number of halogens is 1. The van der Waals surface area contributed by atoms with Crippen LogP contribution < -0.4 is 4.72 Å². The summed E-state index contributed by atoms with van der Waals surface area (Å²) in [4.78, 5) is 4.25. The zero-order valence-electron chi connectivity index (χ0n) is 10.8. The van der Waals surface area contributed by atoms with Gasteiger partial charge in [-0.15, -0.1) is 5.10 Å².